The number of hydrogen-bond acceptors (Lipinski definition) is 4. The van der Waals surface area contributed by atoms with Gasteiger partial charge in [0.05, 0.1) is 17.3 Å². The van der Waals surface area contributed by atoms with Crippen molar-refractivity contribution in [2.24, 2.45) is 0 Å². The number of hydrogen-bond donors (Lipinski definition) is 1. The molecule has 3 amide bonds. The van der Waals surface area contributed by atoms with Gasteiger partial charge in [-0.1, -0.05) is 67.6 Å². The highest BCUT2D eigenvalue weighted by molar-refractivity contribution is 6.21. The molecule has 4 aromatic carbocycles. The predicted molar refractivity (Wildman–Crippen MR) is 161 cm³/mol. The fourth-order valence-electron chi connectivity index (χ4n) is 4.78. The second-order valence-electron chi connectivity index (χ2n) is 9.81. The molecule has 6 nitrogen and oxygen atoms in total. The fourth-order valence-corrected chi connectivity index (χ4v) is 4.78. The van der Waals surface area contributed by atoms with Crippen LogP contribution in [0.3, 0.4) is 0 Å². The summed E-state index contributed by atoms with van der Waals surface area (Å²) < 4.78 is 0. The second kappa shape index (κ2) is 13.9. The topological polar surface area (TPSA) is 90.3 Å². The molecule has 0 unspecified atom stereocenters. The van der Waals surface area contributed by atoms with E-state index in [1.807, 2.05) is 67.6 Å². The molecule has 4 rings (SSSR count). The van der Waals surface area contributed by atoms with Crippen LogP contribution in [-0.4, -0.2) is 24.3 Å². The summed E-state index contributed by atoms with van der Waals surface area (Å²) in [4.78, 5) is 40.8. The number of carbonyl (C=O) groups excluding carboxylic acids is 3. The normalized spacial score (nSPS) is 10.5. The summed E-state index contributed by atoms with van der Waals surface area (Å²) in [7, 11) is 0. The Morgan fingerprint density at radius 3 is 2.15 bits per heavy atom. The molecule has 0 fully saturated rings. The molecule has 1 N–H and O–H groups in total. The average molecular weight is 544 g/mol. The number of nitrogens with zero attached hydrogens (tertiary/aromatic N) is 2. The van der Waals surface area contributed by atoms with Crippen molar-refractivity contribution in [3.05, 3.63) is 136 Å². The van der Waals surface area contributed by atoms with E-state index in [4.69, 9.17) is 0 Å². The SMILES string of the molecule is CCc1ccc(N(C(C)=O)C(=O)c2ccc(C(=O)NCCc3ccccc3)cc2CCc2ccccc2C#N)cc1. The van der Waals surface area contributed by atoms with E-state index >= 15 is 0 Å². The minimum atomic E-state index is -0.457. The van der Waals surface area contributed by atoms with Crippen LogP contribution in [0.15, 0.2) is 97.1 Å². The highest BCUT2D eigenvalue weighted by Crippen LogP contribution is 2.23. The maximum absolute atomic E-state index is 13.9. The van der Waals surface area contributed by atoms with Gasteiger partial charge in [-0.05, 0) is 84.3 Å². The van der Waals surface area contributed by atoms with Crippen molar-refractivity contribution in [3.63, 3.8) is 0 Å². The van der Waals surface area contributed by atoms with Crippen LogP contribution in [-0.2, 0) is 30.5 Å². The Kier molecular flexibility index (Phi) is 9.80. The highest BCUT2D eigenvalue weighted by atomic mass is 16.2. The highest BCUT2D eigenvalue weighted by Gasteiger charge is 2.25. The third-order valence-electron chi connectivity index (χ3n) is 7.06. The summed E-state index contributed by atoms with van der Waals surface area (Å²) in [5.74, 6) is -1.10. The van der Waals surface area contributed by atoms with Gasteiger partial charge in [-0.3, -0.25) is 14.4 Å². The number of anilines is 1. The monoisotopic (exact) mass is 543 g/mol. The molecule has 0 atom stereocenters. The van der Waals surface area contributed by atoms with Crippen molar-refractivity contribution < 1.29 is 14.4 Å². The summed E-state index contributed by atoms with van der Waals surface area (Å²) in [6.45, 7) is 3.88. The van der Waals surface area contributed by atoms with Crippen LogP contribution in [0.5, 0.6) is 0 Å². The standard InChI is InChI=1S/C35H33N3O3/c1-3-26-13-18-32(19-14-26)38(25(2)39)35(41)33-20-17-30(34(40)37-22-21-27-9-5-4-6-10-27)23-29(33)16-15-28-11-7-8-12-31(28)24-36/h4-14,17-20,23H,3,15-16,21-22H2,1-2H3,(H,37,40). The predicted octanol–water partition coefficient (Wildman–Crippen LogP) is 6.07. The molecule has 0 saturated carbocycles. The van der Waals surface area contributed by atoms with Crippen LogP contribution in [0.1, 0.15) is 62.4 Å². The second-order valence-corrected chi connectivity index (χ2v) is 9.81. The molecule has 0 aliphatic rings. The van der Waals surface area contributed by atoms with E-state index in [-0.39, 0.29) is 5.91 Å². The fraction of sp³-hybridized carbons (Fsp3) is 0.200. The molecular weight excluding hydrogens is 510 g/mol. The Morgan fingerprint density at radius 2 is 1.46 bits per heavy atom. The molecule has 0 aliphatic heterocycles. The average Bonchev–Trinajstić information content (AvgIpc) is 3.00. The summed E-state index contributed by atoms with van der Waals surface area (Å²) in [5.41, 5.74) is 5.54. The minimum absolute atomic E-state index is 0.239. The van der Waals surface area contributed by atoms with Gasteiger partial charge in [0, 0.05) is 24.6 Å². The Balaban J connectivity index is 1.63. The summed E-state index contributed by atoms with van der Waals surface area (Å²) >= 11 is 0. The van der Waals surface area contributed by atoms with E-state index < -0.39 is 11.8 Å². The van der Waals surface area contributed by atoms with E-state index in [1.54, 1.807) is 36.4 Å². The summed E-state index contributed by atoms with van der Waals surface area (Å²) in [5, 5.41) is 12.5. The Hall–Kier alpha value is -5.02. The van der Waals surface area contributed by atoms with Crippen molar-refractivity contribution in [1.82, 2.24) is 5.32 Å². The number of nitriles is 1. The van der Waals surface area contributed by atoms with Crippen molar-refractivity contribution in [2.75, 3.05) is 11.4 Å². The van der Waals surface area contributed by atoms with Crippen molar-refractivity contribution in [1.29, 1.82) is 5.26 Å². The van der Waals surface area contributed by atoms with E-state index in [9.17, 15) is 19.6 Å². The molecule has 206 valence electrons. The van der Waals surface area contributed by atoms with Gasteiger partial charge >= 0.3 is 0 Å². The first-order valence-electron chi connectivity index (χ1n) is 13.8. The number of rotatable bonds is 10. The van der Waals surface area contributed by atoms with Crippen molar-refractivity contribution in [2.45, 2.75) is 39.5 Å². The Morgan fingerprint density at radius 1 is 0.780 bits per heavy atom. The lowest BCUT2D eigenvalue weighted by atomic mass is 9.94. The quantitative estimate of drug-likeness (QED) is 0.263. The molecule has 0 aromatic heterocycles. The molecule has 0 spiro atoms. The smallest absolute Gasteiger partial charge is 0.265 e. The first kappa shape index (κ1) is 29.0. The van der Waals surface area contributed by atoms with E-state index in [0.717, 1.165) is 23.1 Å². The van der Waals surface area contributed by atoms with Gasteiger partial charge in [0.1, 0.15) is 0 Å². The minimum Gasteiger partial charge on any atom is -0.352 e. The van der Waals surface area contributed by atoms with E-state index in [1.165, 1.54) is 11.8 Å². The zero-order valence-corrected chi connectivity index (χ0v) is 23.4. The number of imide groups is 1. The van der Waals surface area contributed by atoms with Crippen molar-refractivity contribution in [3.8, 4) is 6.07 Å². The lowest BCUT2D eigenvalue weighted by Gasteiger charge is -2.22. The van der Waals surface area contributed by atoms with Crippen LogP contribution in [0.2, 0.25) is 0 Å². The lowest BCUT2D eigenvalue weighted by molar-refractivity contribution is -0.115. The first-order chi connectivity index (χ1) is 19.9. The molecule has 0 heterocycles. The maximum Gasteiger partial charge on any atom is 0.265 e. The lowest BCUT2D eigenvalue weighted by Crippen LogP contribution is -2.36. The van der Waals surface area contributed by atoms with Gasteiger partial charge in [-0.15, -0.1) is 0 Å². The molecule has 0 radical (unpaired) electrons. The number of carbonyl (C=O) groups is 3. The van der Waals surface area contributed by atoms with Gasteiger partial charge in [0.2, 0.25) is 5.91 Å². The van der Waals surface area contributed by atoms with Crippen molar-refractivity contribution >= 4 is 23.4 Å². The molecule has 0 aliphatic carbocycles. The number of benzene rings is 4. The number of aryl methyl sites for hydroxylation is 3. The van der Waals surface area contributed by atoms with Crippen LogP contribution in [0.25, 0.3) is 0 Å². The molecule has 41 heavy (non-hydrogen) atoms. The van der Waals surface area contributed by atoms with Gasteiger partial charge in [-0.25, -0.2) is 4.90 Å². The van der Waals surface area contributed by atoms with Gasteiger partial charge in [0.25, 0.3) is 11.8 Å². The zero-order chi connectivity index (χ0) is 29.2. The first-order valence-corrected chi connectivity index (χ1v) is 13.8. The zero-order valence-electron chi connectivity index (χ0n) is 23.4. The Labute approximate surface area is 241 Å². The molecule has 0 bridgehead atoms. The van der Waals surface area contributed by atoms with Gasteiger partial charge < -0.3 is 5.32 Å². The number of nitrogens with one attached hydrogen (secondary N) is 1. The number of amides is 3. The maximum atomic E-state index is 13.9. The van der Waals surface area contributed by atoms with Crippen LogP contribution in [0, 0.1) is 11.3 Å². The van der Waals surface area contributed by atoms with Gasteiger partial charge in [0.15, 0.2) is 0 Å². The summed E-state index contributed by atoms with van der Waals surface area (Å²) in [6, 6.07) is 31.8. The molecule has 4 aromatic rings. The van der Waals surface area contributed by atoms with Gasteiger partial charge in [-0.2, -0.15) is 5.26 Å². The van der Waals surface area contributed by atoms with E-state index in [0.29, 0.717) is 53.7 Å². The molecule has 6 heteroatoms. The van der Waals surface area contributed by atoms with E-state index in [2.05, 4.69) is 11.4 Å². The Bertz CT molecular complexity index is 1570. The molecular formula is C35H33N3O3. The van der Waals surface area contributed by atoms with Crippen LogP contribution >= 0.6 is 0 Å². The largest absolute Gasteiger partial charge is 0.352 e. The summed E-state index contributed by atoms with van der Waals surface area (Å²) in [6.07, 6.45) is 2.45. The van der Waals surface area contributed by atoms with Crippen LogP contribution < -0.4 is 10.2 Å². The van der Waals surface area contributed by atoms with Crippen LogP contribution in [0.4, 0.5) is 5.69 Å². The molecule has 0 saturated heterocycles. The third-order valence-corrected chi connectivity index (χ3v) is 7.06. The third kappa shape index (κ3) is 7.34.